The molecule has 0 amide bonds. The third-order valence-corrected chi connectivity index (χ3v) is 4.31. The predicted octanol–water partition coefficient (Wildman–Crippen LogP) is 4.30. The van der Waals surface area contributed by atoms with Crippen molar-refractivity contribution >= 4 is 27.6 Å². The van der Waals surface area contributed by atoms with Gasteiger partial charge in [-0.2, -0.15) is 0 Å². The number of hydrogen-bond donors (Lipinski definition) is 1. The van der Waals surface area contributed by atoms with Crippen molar-refractivity contribution in [2.24, 2.45) is 5.92 Å². The highest BCUT2D eigenvalue weighted by molar-refractivity contribution is 9.10. The Balaban J connectivity index is 2.29. The van der Waals surface area contributed by atoms with Gasteiger partial charge in [0.2, 0.25) is 0 Å². The molecule has 0 spiro atoms. The van der Waals surface area contributed by atoms with Crippen molar-refractivity contribution in [1.29, 1.82) is 0 Å². The smallest absolute Gasteiger partial charge is 0.336 e. The lowest BCUT2D eigenvalue weighted by Crippen LogP contribution is -2.29. The topological polar surface area (TPSA) is 40.5 Å². The van der Waals surface area contributed by atoms with E-state index in [0.717, 1.165) is 25.8 Å². The van der Waals surface area contributed by atoms with Crippen LogP contribution in [0.4, 0.5) is 10.1 Å². The quantitative estimate of drug-likeness (QED) is 0.836. The number of carbonyl (C=O) groups is 1. The van der Waals surface area contributed by atoms with Crippen LogP contribution in [0, 0.1) is 11.7 Å². The first-order chi connectivity index (χ1) is 9.41. The van der Waals surface area contributed by atoms with E-state index in [1.807, 2.05) is 0 Å². The summed E-state index contributed by atoms with van der Waals surface area (Å²) in [5, 5.41) is 9.01. The second-order valence-corrected chi connectivity index (χ2v) is 6.47. The van der Waals surface area contributed by atoms with Gasteiger partial charge < -0.3 is 10.0 Å². The minimum Gasteiger partial charge on any atom is -0.478 e. The van der Waals surface area contributed by atoms with E-state index in [0.29, 0.717) is 17.6 Å². The molecule has 0 aliphatic heterocycles. The van der Waals surface area contributed by atoms with Crippen LogP contribution in [0.1, 0.15) is 43.5 Å². The summed E-state index contributed by atoms with van der Waals surface area (Å²) in [6.45, 7) is 5.09. The van der Waals surface area contributed by atoms with Crippen LogP contribution >= 0.6 is 15.9 Å². The number of halogens is 2. The molecule has 0 unspecified atom stereocenters. The van der Waals surface area contributed by atoms with Crippen LogP contribution in [0.5, 0.6) is 0 Å². The molecule has 1 fully saturated rings. The number of anilines is 1. The molecule has 1 saturated carbocycles. The van der Waals surface area contributed by atoms with Gasteiger partial charge in [0.05, 0.1) is 15.7 Å². The number of carboxylic acid groups (broad SMARTS) is 1. The third kappa shape index (κ3) is 3.32. The first-order valence-electron chi connectivity index (χ1n) is 6.89. The van der Waals surface area contributed by atoms with E-state index < -0.39 is 11.8 Å². The zero-order valence-corrected chi connectivity index (χ0v) is 13.3. The van der Waals surface area contributed by atoms with Crippen molar-refractivity contribution in [1.82, 2.24) is 0 Å². The summed E-state index contributed by atoms with van der Waals surface area (Å²) in [6.07, 6.45) is 3.15. The van der Waals surface area contributed by atoms with E-state index in [1.54, 1.807) is 6.07 Å². The molecule has 1 aromatic carbocycles. The lowest BCUT2D eigenvalue weighted by molar-refractivity contribution is 0.0695. The highest BCUT2D eigenvalue weighted by Crippen LogP contribution is 2.36. The average molecular weight is 344 g/mol. The molecule has 1 N–H and O–H groups in total. The fourth-order valence-electron chi connectivity index (χ4n) is 2.21. The highest BCUT2D eigenvalue weighted by Gasteiger charge is 2.31. The zero-order chi connectivity index (χ0) is 14.9. The van der Waals surface area contributed by atoms with Crippen molar-refractivity contribution in [3.8, 4) is 0 Å². The SMILES string of the molecule is CC(C)CCN(c1ccc(C(=O)O)c(Br)c1F)C1CC1. The maximum atomic E-state index is 14.4. The molecular formula is C15H19BrFNO2. The van der Waals surface area contributed by atoms with Gasteiger partial charge in [-0.25, -0.2) is 9.18 Å². The van der Waals surface area contributed by atoms with Crippen LogP contribution in [0.3, 0.4) is 0 Å². The summed E-state index contributed by atoms with van der Waals surface area (Å²) in [5.74, 6) is -1.04. The number of rotatable bonds is 6. The predicted molar refractivity (Wildman–Crippen MR) is 80.9 cm³/mol. The van der Waals surface area contributed by atoms with Crippen molar-refractivity contribution in [2.75, 3.05) is 11.4 Å². The van der Waals surface area contributed by atoms with Crippen LogP contribution in [0.25, 0.3) is 0 Å². The fourth-order valence-corrected chi connectivity index (χ4v) is 2.71. The summed E-state index contributed by atoms with van der Waals surface area (Å²) < 4.78 is 14.5. The fraction of sp³-hybridized carbons (Fsp3) is 0.533. The van der Waals surface area contributed by atoms with Crippen LogP contribution in [-0.2, 0) is 0 Å². The molecule has 1 aliphatic carbocycles. The number of aromatic carboxylic acids is 1. The van der Waals surface area contributed by atoms with Gasteiger partial charge in [0, 0.05) is 12.6 Å². The molecule has 110 valence electrons. The van der Waals surface area contributed by atoms with Gasteiger partial charge in [-0.3, -0.25) is 0 Å². The monoisotopic (exact) mass is 343 g/mol. The van der Waals surface area contributed by atoms with Crippen molar-refractivity contribution < 1.29 is 14.3 Å². The molecular weight excluding hydrogens is 325 g/mol. The molecule has 1 aliphatic rings. The Hall–Kier alpha value is -1.10. The molecule has 0 bridgehead atoms. The van der Waals surface area contributed by atoms with Crippen molar-refractivity contribution in [3.63, 3.8) is 0 Å². The van der Waals surface area contributed by atoms with Crippen molar-refractivity contribution in [2.45, 2.75) is 39.2 Å². The standard InChI is InChI=1S/C15H19BrFNO2/c1-9(2)7-8-18(10-3-4-10)12-6-5-11(15(19)20)13(16)14(12)17/h5-6,9-10H,3-4,7-8H2,1-2H3,(H,19,20). The summed E-state index contributed by atoms with van der Waals surface area (Å²) in [7, 11) is 0. The van der Waals surface area contributed by atoms with E-state index in [2.05, 4.69) is 34.7 Å². The van der Waals surface area contributed by atoms with Gasteiger partial charge in [-0.1, -0.05) is 13.8 Å². The molecule has 2 rings (SSSR count). The minimum absolute atomic E-state index is 0.0362. The Morgan fingerprint density at radius 2 is 2.15 bits per heavy atom. The van der Waals surface area contributed by atoms with Gasteiger partial charge >= 0.3 is 5.97 Å². The van der Waals surface area contributed by atoms with E-state index in [1.165, 1.54) is 6.07 Å². The molecule has 0 heterocycles. The van der Waals surface area contributed by atoms with Gasteiger partial charge in [-0.15, -0.1) is 0 Å². The van der Waals surface area contributed by atoms with E-state index >= 15 is 0 Å². The van der Waals surface area contributed by atoms with E-state index in [9.17, 15) is 9.18 Å². The Bertz CT molecular complexity index is 515. The average Bonchev–Trinajstić information content (AvgIpc) is 3.18. The van der Waals surface area contributed by atoms with Gasteiger partial charge in [0.15, 0.2) is 5.82 Å². The Morgan fingerprint density at radius 1 is 1.50 bits per heavy atom. The Labute approximate surface area is 126 Å². The maximum absolute atomic E-state index is 14.4. The number of hydrogen-bond acceptors (Lipinski definition) is 2. The molecule has 0 aromatic heterocycles. The van der Waals surface area contributed by atoms with Crippen LogP contribution in [-0.4, -0.2) is 23.7 Å². The van der Waals surface area contributed by atoms with E-state index in [-0.39, 0.29) is 10.0 Å². The molecule has 5 heteroatoms. The number of nitrogens with zero attached hydrogens (tertiary/aromatic N) is 1. The number of benzene rings is 1. The molecule has 0 saturated heterocycles. The Kier molecular flexibility index (Phi) is 4.68. The summed E-state index contributed by atoms with van der Waals surface area (Å²) >= 11 is 3.07. The van der Waals surface area contributed by atoms with Crippen LogP contribution < -0.4 is 4.90 Å². The van der Waals surface area contributed by atoms with E-state index in [4.69, 9.17) is 5.11 Å². The number of carboxylic acids is 1. The Morgan fingerprint density at radius 3 is 2.65 bits per heavy atom. The van der Waals surface area contributed by atoms with Gasteiger partial charge in [0.1, 0.15) is 0 Å². The highest BCUT2D eigenvalue weighted by atomic mass is 79.9. The molecule has 0 atom stereocenters. The molecule has 20 heavy (non-hydrogen) atoms. The first-order valence-corrected chi connectivity index (χ1v) is 7.69. The lowest BCUT2D eigenvalue weighted by atomic mass is 10.1. The lowest BCUT2D eigenvalue weighted by Gasteiger charge is -2.26. The normalized spacial score (nSPS) is 14.7. The van der Waals surface area contributed by atoms with Crippen molar-refractivity contribution in [3.05, 3.63) is 28.0 Å². The first kappa shape index (κ1) is 15.3. The summed E-state index contributed by atoms with van der Waals surface area (Å²) in [5.41, 5.74) is 0.468. The van der Waals surface area contributed by atoms with Crippen LogP contribution in [0.2, 0.25) is 0 Å². The van der Waals surface area contributed by atoms with Gasteiger partial charge in [-0.05, 0) is 53.2 Å². The summed E-state index contributed by atoms with van der Waals surface area (Å²) in [6, 6.07) is 3.45. The zero-order valence-electron chi connectivity index (χ0n) is 11.7. The van der Waals surface area contributed by atoms with Gasteiger partial charge in [0.25, 0.3) is 0 Å². The minimum atomic E-state index is -1.12. The second-order valence-electron chi connectivity index (χ2n) is 5.67. The molecule has 0 radical (unpaired) electrons. The molecule has 3 nitrogen and oxygen atoms in total. The molecule has 1 aromatic rings. The third-order valence-electron chi connectivity index (χ3n) is 3.54. The second kappa shape index (κ2) is 6.12. The summed E-state index contributed by atoms with van der Waals surface area (Å²) in [4.78, 5) is 13.1. The van der Waals surface area contributed by atoms with Crippen LogP contribution in [0.15, 0.2) is 16.6 Å². The maximum Gasteiger partial charge on any atom is 0.336 e. The largest absolute Gasteiger partial charge is 0.478 e.